The van der Waals surface area contributed by atoms with Gasteiger partial charge < -0.3 is 19.1 Å². The summed E-state index contributed by atoms with van der Waals surface area (Å²) in [6.07, 6.45) is 5.18. The third-order valence-electron chi connectivity index (χ3n) is 4.28. The van der Waals surface area contributed by atoms with Crippen LogP contribution >= 0.6 is 0 Å². The van der Waals surface area contributed by atoms with Gasteiger partial charge in [0.25, 0.3) is 0 Å². The van der Waals surface area contributed by atoms with Crippen molar-refractivity contribution in [3.8, 4) is 17.2 Å². The SMILES string of the molecule is COc1cc(/C=C/C(=O)N(C)CCCc2ccccc2)cc(OC)c1OC. The van der Waals surface area contributed by atoms with E-state index in [1.165, 1.54) is 5.56 Å². The van der Waals surface area contributed by atoms with E-state index in [1.807, 2.05) is 25.2 Å². The lowest BCUT2D eigenvalue weighted by Crippen LogP contribution is -2.26. The van der Waals surface area contributed by atoms with Crippen LogP contribution in [0.1, 0.15) is 17.5 Å². The number of methoxy groups -OCH3 is 3. The second-order valence-corrected chi connectivity index (χ2v) is 6.14. The van der Waals surface area contributed by atoms with Gasteiger partial charge in [-0.2, -0.15) is 0 Å². The zero-order valence-electron chi connectivity index (χ0n) is 16.4. The van der Waals surface area contributed by atoms with Gasteiger partial charge in [0.15, 0.2) is 11.5 Å². The Morgan fingerprint density at radius 3 is 2.19 bits per heavy atom. The number of rotatable bonds is 9. The van der Waals surface area contributed by atoms with E-state index in [9.17, 15) is 4.79 Å². The van der Waals surface area contributed by atoms with Crippen LogP contribution in [-0.2, 0) is 11.2 Å². The highest BCUT2D eigenvalue weighted by molar-refractivity contribution is 5.91. The normalized spacial score (nSPS) is 10.7. The number of likely N-dealkylation sites (N-methyl/N-ethyl adjacent to an activating group) is 1. The average molecular weight is 369 g/mol. The zero-order chi connectivity index (χ0) is 19.6. The van der Waals surface area contributed by atoms with Gasteiger partial charge >= 0.3 is 0 Å². The van der Waals surface area contributed by atoms with Crippen molar-refractivity contribution in [2.75, 3.05) is 34.9 Å². The van der Waals surface area contributed by atoms with Gasteiger partial charge in [-0.25, -0.2) is 0 Å². The van der Waals surface area contributed by atoms with Crippen molar-refractivity contribution in [1.82, 2.24) is 4.90 Å². The van der Waals surface area contributed by atoms with Gasteiger partial charge in [-0.1, -0.05) is 30.3 Å². The lowest BCUT2D eigenvalue weighted by atomic mass is 10.1. The minimum atomic E-state index is -0.0446. The molecule has 0 saturated heterocycles. The zero-order valence-corrected chi connectivity index (χ0v) is 16.4. The maximum atomic E-state index is 12.3. The van der Waals surface area contributed by atoms with Crippen molar-refractivity contribution >= 4 is 12.0 Å². The molecule has 0 aliphatic heterocycles. The summed E-state index contributed by atoms with van der Waals surface area (Å²) in [7, 11) is 6.50. The first-order chi connectivity index (χ1) is 13.1. The highest BCUT2D eigenvalue weighted by Gasteiger charge is 2.12. The summed E-state index contributed by atoms with van der Waals surface area (Å²) in [6, 6.07) is 13.9. The fourth-order valence-electron chi connectivity index (χ4n) is 2.77. The Morgan fingerprint density at radius 2 is 1.63 bits per heavy atom. The van der Waals surface area contributed by atoms with Crippen LogP contribution in [0.4, 0.5) is 0 Å². The quantitative estimate of drug-likeness (QED) is 0.631. The summed E-state index contributed by atoms with van der Waals surface area (Å²) in [6.45, 7) is 0.702. The van der Waals surface area contributed by atoms with E-state index in [-0.39, 0.29) is 5.91 Å². The maximum Gasteiger partial charge on any atom is 0.246 e. The van der Waals surface area contributed by atoms with Crippen molar-refractivity contribution in [3.63, 3.8) is 0 Å². The minimum Gasteiger partial charge on any atom is -0.493 e. The molecule has 2 rings (SSSR count). The summed E-state index contributed by atoms with van der Waals surface area (Å²) in [5.74, 6) is 1.60. The van der Waals surface area contributed by atoms with Gasteiger partial charge in [0.05, 0.1) is 21.3 Å². The van der Waals surface area contributed by atoms with Crippen LogP contribution < -0.4 is 14.2 Å². The third-order valence-corrected chi connectivity index (χ3v) is 4.28. The molecule has 1 amide bonds. The van der Waals surface area contributed by atoms with Gasteiger partial charge in [-0.3, -0.25) is 4.79 Å². The molecule has 0 heterocycles. The fraction of sp³-hybridized carbons (Fsp3) is 0.318. The van der Waals surface area contributed by atoms with Gasteiger partial charge in [-0.15, -0.1) is 0 Å². The van der Waals surface area contributed by atoms with Crippen LogP contribution in [0.5, 0.6) is 17.2 Å². The van der Waals surface area contributed by atoms with Crippen molar-refractivity contribution in [3.05, 3.63) is 59.7 Å². The van der Waals surface area contributed by atoms with Crippen molar-refractivity contribution < 1.29 is 19.0 Å². The molecule has 0 aromatic heterocycles. The van der Waals surface area contributed by atoms with Gasteiger partial charge in [0.1, 0.15) is 0 Å². The summed E-state index contributed by atoms with van der Waals surface area (Å²) in [4.78, 5) is 14.1. The summed E-state index contributed by atoms with van der Waals surface area (Å²) in [5.41, 5.74) is 2.09. The predicted octanol–water partition coefficient (Wildman–Crippen LogP) is 3.82. The number of ether oxygens (including phenoxy) is 3. The molecular formula is C22H27NO4. The maximum absolute atomic E-state index is 12.3. The molecule has 5 nitrogen and oxygen atoms in total. The largest absolute Gasteiger partial charge is 0.493 e. The molecule has 0 saturated carbocycles. The predicted molar refractivity (Wildman–Crippen MR) is 108 cm³/mol. The molecule has 0 atom stereocenters. The Bertz CT molecular complexity index is 746. The smallest absolute Gasteiger partial charge is 0.246 e. The molecule has 5 heteroatoms. The number of benzene rings is 2. The van der Waals surface area contributed by atoms with E-state index in [0.29, 0.717) is 23.8 Å². The molecule has 2 aromatic rings. The number of carbonyl (C=O) groups is 1. The molecule has 27 heavy (non-hydrogen) atoms. The lowest BCUT2D eigenvalue weighted by Gasteiger charge is -2.15. The second-order valence-electron chi connectivity index (χ2n) is 6.14. The van der Waals surface area contributed by atoms with Crippen molar-refractivity contribution in [1.29, 1.82) is 0 Å². The first-order valence-electron chi connectivity index (χ1n) is 8.86. The topological polar surface area (TPSA) is 48.0 Å². The molecular weight excluding hydrogens is 342 g/mol. The van der Waals surface area contributed by atoms with Crippen LogP contribution in [-0.4, -0.2) is 45.7 Å². The molecule has 0 aliphatic rings. The number of amides is 1. The number of nitrogens with zero attached hydrogens (tertiary/aromatic N) is 1. The van der Waals surface area contributed by atoms with Crippen LogP contribution in [0.25, 0.3) is 6.08 Å². The Morgan fingerprint density at radius 1 is 1.00 bits per heavy atom. The Labute approximate surface area is 161 Å². The molecule has 0 N–H and O–H groups in total. The van der Waals surface area contributed by atoms with Gasteiger partial charge in [0.2, 0.25) is 11.7 Å². The molecule has 0 bridgehead atoms. The Balaban J connectivity index is 1.96. The Hall–Kier alpha value is -2.95. The van der Waals surface area contributed by atoms with Crippen LogP contribution in [0, 0.1) is 0 Å². The number of carbonyl (C=O) groups excluding carboxylic acids is 1. The van der Waals surface area contributed by atoms with Gasteiger partial charge in [-0.05, 0) is 42.2 Å². The summed E-state index contributed by atoms with van der Waals surface area (Å²) >= 11 is 0. The number of aryl methyl sites for hydroxylation is 1. The van der Waals surface area contributed by atoms with Crippen LogP contribution in [0.15, 0.2) is 48.5 Å². The van der Waals surface area contributed by atoms with Crippen molar-refractivity contribution in [2.45, 2.75) is 12.8 Å². The van der Waals surface area contributed by atoms with E-state index in [0.717, 1.165) is 18.4 Å². The van der Waals surface area contributed by atoms with E-state index in [2.05, 4.69) is 12.1 Å². The fourth-order valence-corrected chi connectivity index (χ4v) is 2.77. The standard InChI is InChI=1S/C22H27NO4/c1-23(14-8-11-17-9-6-5-7-10-17)21(24)13-12-18-15-19(25-2)22(27-4)20(16-18)26-3/h5-7,9-10,12-13,15-16H,8,11,14H2,1-4H3/b13-12+. The molecule has 0 spiro atoms. The second kappa shape index (κ2) is 10.3. The highest BCUT2D eigenvalue weighted by atomic mass is 16.5. The highest BCUT2D eigenvalue weighted by Crippen LogP contribution is 2.38. The summed E-state index contributed by atoms with van der Waals surface area (Å²) < 4.78 is 16.0. The third kappa shape index (κ3) is 5.78. The van der Waals surface area contributed by atoms with E-state index < -0.39 is 0 Å². The van der Waals surface area contributed by atoms with Crippen LogP contribution in [0.2, 0.25) is 0 Å². The molecule has 144 valence electrons. The minimum absolute atomic E-state index is 0.0446. The van der Waals surface area contributed by atoms with Gasteiger partial charge in [0, 0.05) is 19.7 Å². The number of hydrogen-bond donors (Lipinski definition) is 0. The molecule has 0 unspecified atom stereocenters. The first kappa shape index (κ1) is 20.4. The van der Waals surface area contributed by atoms with Crippen molar-refractivity contribution in [2.24, 2.45) is 0 Å². The molecule has 0 fully saturated rings. The molecule has 0 aliphatic carbocycles. The monoisotopic (exact) mass is 369 g/mol. The van der Waals surface area contributed by atoms with Crippen LogP contribution in [0.3, 0.4) is 0 Å². The van der Waals surface area contributed by atoms with E-state index in [1.54, 1.807) is 50.5 Å². The lowest BCUT2D eigenvalue weighted by molar-refractivity contribution is -0.124. The first-order valence-corrected chi connectivity index (χ1v) is 8.86. The number of hydrogen-bond acceptors (Lipinski definition) is 4. The molecule has 0 radical (unpaired) electrons. The molecule has 2 aromatic carbocycles. The van der Waals surface area contributed by atoms with E-state index in [4.69, 9.17) is 14.2 Å². The Kier molecular flexibility index (Phi) is 7.74. The summed E-state index contributed by atoms with van der Waals surface area (Å²) in [5, 5.41) is 0. The van der Waals surface area contributed by atoms with E-state index >= 15 is 0 Å². The average Bonchev–Trinajstić information content (AvgIpc) is 2.71.